The number of hydrogen-bond acceptors (Lipinski definition) is 3. The Kier molecular flexibility index (Phi) is 2.37. The van der Waals surface area contributed by atoms with Crippen LogP contribution in [0.3, 0.4) is 0 Å². The minimum atomic E-state index is -0.0519. The van der Waals surface area contributed by atoms with Gasteiger partial charge in [-0.15, -0.1) is 0 Å². The summed E-state index contributed by atoms with van der Waals surface area (Å²) < 4.78 is 6.17. The maximum Gasteiger partial charge on any atom is 0.133 e. The van der Waals surface area contributed by atoms with Gasteiger partial charge < -0.3 is 9.64 Å². The highest BCUT2D eigenvalue weighted by atomic mass is 16.5. The Bertz CT molecular complexity index is 229. The fraction of sp³-hybridized carbons (Fsp3) is 1.00. The minimum Gasteiger partial charge on any atom is -0.356 e. The number of likely N-dealkylation sites (tertiary alicyclic amines) is 1. The standard InChI is InChI=1S/C11H22N2O/c1-9-10(2,3)7-12-11(14-9)5-6-13(4)8-11/h9,12H,5-8H2,1-4H3. The molecule has 0 aromatic carbocycles. The molecule has 2 atom stereocenters. The largest absolute Gasteiger partial charge is 0.356 e. The molecule has 2 aliphatic heterocycles. The highest BCUT2D eigenvalue weighted by Crippen LogP contribution is 2.34. The first-order valence-electron chi connectivity index (χ1n) is 5.55. The van der Waals surface area contributed by atoms with Crippen LogP contribution in [0.4, 0.5) is 0 Å². The molecule has 1 spiro atoms. The van der Waals surface area contributed by atoms with E-state index in [-0.39, 0.29) is 11.1 Å². The maximum atomic E-state index is 6.17. The van der Waals surface area contributed by atoms with E-state index in [1.165, 1.54) is 0 Å². The SMILES string of the molecule is CC1OC2(CCN(C)C2)NCC1(C)C. The molecule has 2 unspecified atom stereocenters. The van der Waals surface area contributed by atoms with E-state index in [0.29, 0.717) is 6.10 Å². The predicted molar refractivity (Wildman–Crippen MR) is 57.2 cm³/mol. The second kappa shape index (κ2) is 3.19. The fourth-order valence-corrected chi connectivity index (χ4v) is 2.28. The number of ether oxygens (including phenoxy) is 1. The third-order valence-electron chi connectivity index (χ3n) is 3.79. The van der Waals surface area contributed by atoms with Gasteiger partial charge in [0.05, 0.1) is 6.10 Å². The van der Waals surface area contributed by atoms with E-state index in [1.807, 2.05) is 0 Å². The van der Waals surface area contributed by atoms with E-state index >= 15 is 0 Å². The normalized spacial score (nSPS) is 43.3. The Balaban J connectivity index is 2.05. The summed E-state index contributed by atoms with van der Waals surface area (Å²) in [5.41, 5.74) is 0.204. The highest BCUT2D eigenvalue weighted by Gasteiger charge is 2.46. The van der Waals surface area contributed by atoms with Crippen molar-refractivity contribution >= 4 is 0 Å². The van der Waals surface area contributed by atoms with Crippen molar-refractivity contribution in [2.75, 3.05) is 26.7 Å². The molecule has 2 fully saturated rings. The van der Waals surface area contributed by atoms with Gasteiger partial charge in [-0.3, -0.25) is 5.32 Å². The molecule has 2 aliphatic rings. The molecule has 0 aromatic rings. The molecular weight excluding hydrogens is 176 g/mol. The van der Waals surface area contributed by atoms with Gasteiger partial charge in [-0.1, -0.05) is 13.8 Å². The zero-order valence-electron chi connectivity index (χ0n) is 9.76. The van der Waals surface area contributed by atoms with Crippen LogP contribution >= 0.6 is 0 Å². The van der Waals surface area contributed by atoms with Crippen molar-refractivity contribution in [1.29, 1.82) is 0 Å². The van der Waals surface area contributed by atoms with E-state index < -0.39 is 0 Å². The molecule has 2 saturated heterocycles. The zero-order valence-corrected chi connectivity index (χ0v) is 9.76. The monoisotopic (exact) mass is 198 g/mol. The van der Waals surface area contributed by atoms with Crippen LogP contribution in [0.15, 0.2) is 0 Å². The summed E-state index contributed by atoms with van der Waals surface area (Å²) in [6.07, 6.45) is 1.46. The third kappa shape index (κ3) is 1.69. The molecule has 14 heavy (non-hydrogen) atoms. The average molecular weight is 198 g/mol. The first kappa shape index (κ1) is 10.4. The lowest BCUT2D eigenvalue weighted by Gasteiger charge is -2.47. The lowest BCUT2D eigenvalue weighted by atomic mass is 9.84. The summed E-state index contributed by atoms with van der Waals surface area (Å²) in [6.45, 7) is 9.93. The molecular formula is C11H22N2O. The summed E-state index contributed by atoms with van der Waals surface area (Å²) in [5.74, 6) is 0. The van der Waals surface area contributed by atoms with Crippen molar-refractivity contribution in [3.8, 4) is 0 Å². The number of hydrogen-bond donors (Lipinski definition) is 1. The Hall–Kier alpha value is -0.120. The molecule has 82 valence electrons. The summed E-state index contributed by atoms with van der Waals surface area (Å²) in [6, 6.07) is 0. The van der Waals surface area contributed by atoms with E-state index in [2.05, 4.69) is 38.0 Å². The number of nitrogens with zero attached hydrogens (tertiary/aromatic N) is 1. The van der Waals surface area contributed by atoms with Crippen LogP contribution < -0.4 is 5.32 Å². The quantitative estimate of drug-likeness (QED) is 0.630. The molecule has 0 aromatic heterocycles. The molecule has 1 N–H and O–H groups in total. The molecule has 0 radical (unpaired) electrons. The molecule has 0 saturated carbocycles. The molecule has 2 heterocycles. The highest BCUT2D eigenvalue weighted by molar-refractivity contribution is 4.96. The van der Waals surface area contributed by atoms with Crippen molar-refractivity contribution in [1.82, 2.24) is 10.2 Å². The second-order valence-electron chi connectivity index (χ2n) is 5.58. The molecule has 0 amide bonds. The summed E-state index contributed by atoms with van der Waals surface area (Å²) in [7, 11) is 2.16. The lowest BCUT2D eigenvalue weighted by molar-refractivity contribution is -0.174. The van der Waals surface area contributed by atoms with Crippen LogP contribution in [0, 0.1) is 5.41 Å². The van der Waals surface area contributed by atoms with Crippen LogP contribution in [0.1, 0.15) is 27.2 Å². The Labute approximate surface area is 86.8 Å². The topological polar surface area (TPSA) is 24.5 Å². The van der Waals surface area contributed by atoms with E-state index in [4.69, 9.17) is 4.74 Å². The predicted octanol–water partition coefficient (Wildman–Crippen LogP) is 1.05. The average Bonchev–Trinajstić information content (AvgIpc) is 2.43. The van der Waals surface area contributed by atoms with Gasteiger partial charge in [0.15, 0.2) is 0 Å². The van der Waals surface area contributed by atoms with Gasteiger partial charge in [0, 0.05) is 31.5 Å². The molecule has 0 bridgehead atoms. The van der Waals surface area contributed by atoms with Gasteiger partial charge in [-0.2, -0.15) is 0 Å². The van der Waals surface area contributed by atoms with Crippen LogP contribution in [0.2, 0.25) is 0 Å². The summed E-state index contributed by atoms with van der Waals surface area (Å²) >= 11 is 0. The van der Waals surface area contributed by atoms with Gasteiger partial charge in [0.2, 0.25) is 0 Å². The zero-order chi connectivity index (χ0) is 10.4. The molecule has 2 rings (SSSR count). The van der Waals surface area contributed by atoms with Gasteiger partial charge in [0.1, 0.15) is 5.72 Å². The number of nitrogens with one attached hydrogen (secondary N) is 1. The van der Waals surface area contributed by atoms with Crippen molar-refractivity contribution in [2.45, 2.75) is 39.0 Å². The fourth-order valence-electron chi connectivity index (χ4n) is 2.28. The summed E-state index contributed by atoms with van der Waals surface area (Å²) in [5, 5.41) is 3.58. The molecule has 3 heteroatoms. The van der Waals surface area contributed by atoms with Gasteiger partial charge in [-0.25, -0.2) is 0 Å². The smallest absolute Gasteiger partial charge is 0.133 e. The minimum absolute atomic E-state index is 0.0519. The first-order valence-corrected chi connectivity index (χ1v) is 5.55. The van der Waals surface area contributed by atoms with Crippen molar-refractivity contribution in [3.63, 3.8) is 0 Å². The van der Waals surface area contributed by atoms with Gasteiger partial charge in [0.25, 0.3) is 0 Å². The number of rotatable bonds is 0. The van der Waals surface area contributed by atoms with Crippen molar-refractivity contribution in [3.05, 3.63) is 0 Å². The van der Waals surface area contributed by atoms with Crippen LogP contribution in [0.5, 0.6) is 0 Å². The van der Waals surface area contributed by atoms with E-state index in [9.17, 15) is 0 Å². The van der Waals surface area contributed by atoms with Crippen LogP contribution in [0.25, 0.3) is 0 Å². The van der Waals surface area contributed by atoms with Crippen LogP contribution in [-0.2, 0) is 4.74 Å². The Morgan fingerprint density at radius 3 is 2.64 bits per heavy atom. The van der Waals surface area contributed by atoms with Crippen molar-refractivity contribution < 1.29 is 4.74 Å². The van der Waals surface area contributed by atoms with E-state index in [0.717, 1.165) is 26.1 Å². The number of likely N-dealkylation sites (N-methyl/N-ethyl adjacent to an activating group) is 1. The first-order chi connectivity index (χ1) is 6.44. The lowest BCUT2D eigenvalue weighted by Crippen LogP contribution is -2.61. The van der Waals surface area contributed by atoms with Crippen LogP contribution in [-0.4, -0.2) is 43.4 Å². The Morgan fingerprint density at radius 2 is 2.14 bits per heavy atom. The maximum absolute atomic E-state index is 6.17. The van der Waals surface area contributed by atoms with E-state index in [1.54, 1.807) is 0 Å². The Morgan fingerprint density at radius 1 is 1.43 bits per heavy atom. The molecule has 3 nitrogen and oxygen atoms in total. The second-order valence-corrected chi connectivity index (χ2v) is 5.58. The van der Waals surface area contributed by atoms with Crippen molar-refractivity contribution in [2.24, 2.45) is 5.41 Å². The summed E-state index contributed by atoms with van der Waals surface area (Å²) in [4.78, 5) is 2.33. The third-order valence-corrected chi connectivity index (χ3v) is 3.79. The van der Waals surface area contributed by atoms with Gasteiger partial charge >= 0.3 is 0 Å². The van der Waals surface area contributed by atoms with Gasteiger partial charge in [-0.05, 0) is 14.0 Å². The molecule has 0 aliphatic carbocycles.